The fraction of sp³-hybridized carbons (Fsp3) is 0.227. The second kappa shape index (κ2) is 9.98. The summed E-state index contributed by atoms with van der Waals surface area (Å²) in [7, 11) is -3.62. The average Bonchev–Trinajstić information content (AvgIpc) is 3.45. The molecule has 0 aliphatic heterocycles. The van der Waals surface area contributed by atoms with E-state index in [-0.39, 0.29) is 29.4 Å². The van der Waals surface area contributed by atoms with Crippen molar-refractivity contribution in [2.45, 2.75) is 24.3 Å². The van der Waals surface area contributed by atoms with Gasteiger partial charge in [-0.25, -0.2) is 17.8 Å². The highest BCUT2D eigenvalue weighted by Gasteiger charge is 2.22. The number of para-hydroxylation sites is 1. The van der Waals surface area contributed by atoms with Crippen molar-refractivity contribution in [1.82, 2.24) is 14.8 Å². The van der Waals surface area contributed by atoms with E-state index in [0.717, 1.165) is 16.8 Å². The van der Waals surface area contributed by atoms with E-state index in [9.17, 15) is 17.6 Å². The molecule has 172 valence electrons. The van der Waals surface area contributed by atoms with Crippen molar-refractivity contribution in [2.75, 3.05) is 17.2 Å². The summed E-state index contributed by atoms with van der Waals surface area (Å²) in [6, 6.07) is 11.9. The van der Waals surface area contributed by atoms with Crippen LogP contribution < -0.4 is 4.90 Å². The summed E-state index contributed by atoms with van der Waals surface area (Å²) >= 11 is 7.60. The molecule has 0 saturated heterocycles. The molecule has 2 aromatic heterocycles. The number of thiazole rings is 1. The Morgan fingerprint density at radius 2 is 1.94 bits per heavy atom. The van der Waals surface area contributed by atoms with Crippen LogP contribution in [0.2, 0.25) is 5.02 Å². The lowest BCUT2D eigenvalue weighted by Crippen LogP contribution is -2.34. The number of aromatic nitrogens is 3. The van der Waals surface area contributed by atoms with Gasteiger partial charge in [0.25, 0.3) is 0 Å². The minimum atomic E-state index is -3.62. The summed E-state index contributed by atoms with van der Waals surface area (Å²) in [5.74, 6) is -0.970. The van der Waals surface area contributed by atoms with Crippen molar-refractivity contribution >= 4 is 54.0 Å². The van der Waals surface area contributed by atoms with E-state index < -0.39 is 15.7 Å². The van der Waals surface area contributed by atoms with E-state index in [1.54, 1.807) is 34.1 Å². The van der Waals surface area contributed by atoms with Crippen LogP contribution in [-0.2, 0) is 21.2 Å². The molecule has 33 heavy (non-hydrogen) atoms. The summed E-state index contributed by atoms with van der Waals surface area (Å²) < 4.78 is 40.7. The van der Waals surface area contributed by atoms with Gasteiger partial charge in [-0.3, -0.25) is 14.4 Å². The third kappa shape index (κ3) is 5.58. The number of carbonyl (C=O) groups excluding carboxylic acids is 1. The van der Waals surface area contributed by atoms with Gasteiger partial charge in [0.15, 0.2) is 15.0 Å². The molecule has 4 aromatic rings. The second-order valence-corrected chi connectivity index (χ2v) is 10.8. The number of hydrogen-bond donors (Lipinski definition) is 0. The van der Waals surface area contributed by atoms with Crippen molar-refractivity contribution < 1.29 is 17.6 Å². The van der Waals surface area contributed by atoms with Crippen LogP contribution in [0.15, 0.2) is 65.8 Å². The SMILES string of the molecule is O=C(CCCS(=O)(=O)c1ccc(F)cc1)N(CCn1cccn1)c1nc2c(Cl)cccc2s1. The van der Waals surface area contributed by atoms with Gasteiger partial charge in [-0.1, -0.05) is 29.0 Å². The Labute approximate surface area is 199 Å². The quantitative estimate of drug-likeness (QED) is 0.310. The first-order valence-electron chi connectivity index (χ1n) is 10.1. The molecule has 0 N–H and O–H groups in total. The van der Waals surface area contributed by atoms with Crippen LogP contribution in [0.5, 0.6) is 0 Å². The van der Waals surface area contributed by atoms with E-state index in [4.69, 9.17) is 11.6 Å². The van der Waals surface area contributed by atoms with E-state index >= 15 is 0 Å². The van der Waals surface area contributed by atoms with Crippen LogP contribution in [-0.4, -0.2) is 41.4 Å². The molecule has 0 saturated carbocycles. The first-order chi connectivity index (χ1) is 15.8. The molecule has 2 heterocycles. The molecule has 11 heteroatoms. The van der Waals surface area contributed by atoms with Gasteiger partial charge in [0.1, 0.15) is 11.3 Å². The standard InChI is InChI=1S/C22H20ClFN4O3S2/c23-18-4-1-5-19-21(18)26-22(32-19)28(14-13-27-12-3-11-25-27)20(29)6-2-15-33(30,31)17-9-7-16(24)8-10-17/h1,3-5,7-12H,2,6,13-15H2. The zero-order chi connectivity index (χ0) is 23.4. The molecule has 0 bridgehead atoms. The van der Waals surface area contributed by atoms with Crippen LogP contribution >= 0.6 is 22.9 Å². The molecule has 0 radical (unpaired) electrons. The summed E-state index contributed by atoms with van der Waals surface area (Å²) in [5, 5.41) is 5.16. The molecule has 0 atom stereocenters. The summed E-state index contributed by atoms with van der Waals surface area (Å²) in [6.07, 6.45) is 3.60. The monoisotopic (exact) mass is 506 g/mol. The average molecular weight is 507 g/mol. The van der Waals surface area contributed by atoms with E-state index in [1.165, 1.54) is 23.5 Å². The Morgan fingerprint density at radius 1 is 1.15 bits per heavy atom. The highest BCUT2D eigenvalue weighted by atomic mass is 35.5. The number of nitrogens with zero attached hydrogens (tertiary/aromatic N) is 4. The lowest BCUT2D eigenvalue weighted by Gasteiger charge is -2.20. The maximum atomic E-state index is 13.1. The van der Waals surface area contributed by atoms with Crippen molar-refractivity contribution in [1.29, 1.82) is 0 Å². The second-order valence-electron chi connectivity index (χ2n) is 7.27. The van der Waals surface area contributed by atoms with Crippen LogP contribution in [0.4, 0.5) is 9.52 Å². The highest BCUT2D eigenvalue weighted by molar-refractivity contribution is 7.91. The number of benzene rings is 2. The van der Waals surface area contributed by atoms with Gasteiger partial charge < -0.3 is 0 Å². The summed E-state index contributed by atoms with van der Waals surface area (Å²) in [6.45, 7) is 0.777. The zero-order valence-corrected chi connectivity index (χ0v) is 19.8. The first kappa shape index (κ1) is 23.3. The van der Waals surface area contributed by atoms with Gasteiger partial charge in [0, 0.05) is 25.4 Å². The number of carbonyl (C=O) groups is 1. The number of anilines is 1. The molecule has 4 rings (SSSR count). The molecular weight excluding hydrogens is 487 g/mol. The molecule has 1 amide bonds. The fourth-order valence-electron chi connectivity index (χ4n) is 3.29. The Balaban J connectivity index is 1.48. The number of fused-ring (bicyclic) bond motifs is 1. The Hall–Kier alpha value is -2.82. The van der Waals surface area contributed by atoms with Crippen LogP contribution in [0.25, 0.3) is 10.2 Å². The first-order valence-corrected chi connectivity index (χ1v) is 13.0. The molecule has 0 aliphatic carbocycles. The predicted octanol–water partition coefficient (Wildman–Crippen LogP) is 4.57. The third-order valence-corrected chi connectivity index (χ3v) is 8.14. The van der Waals surface area contributed by atoms with Gasteiger partial charge in [-0.05, 0) is 48.9 Å². The highest BCUT2D eigenvalue weighted by Crippen LogP contribution is 2.33. The minimum absolute atomic E-state index is 0.0171. The van der Waals surface area contributed by atoms with Gasteiger partial charge in [0.05, 0.1) is 26.9 Å². The van der Waals surface area contributed by atoms with Crippen LogP contribution in [0.3, 0.4) is 0 Å². The smallest absolute Gasteiger partial charge is 0.228 e. The lowest BCUT2D eigenvalue weighted by molar-refractivity contribution is -0.118. The minimum Gasteiger partial charge on any atom is -0.286 e. The number of sulfone groups is 1. The molecule has 0 spiro atoms. The number of rotatable bonds is 9. The molecule has 2 aromatic carbocycles. The molecule has 0 aliphatic rings. The van der Waals surface area contributed by atoms with E-state index in [1.807, 2.05) is 12.1 Å². The predicted molar refractivity (Wildman–Crippen MR) is 127 cm³/mol. The topological polar surface area (TPSA) is 85.2 Å². The maximum absolute atomic E-state index is 13.1. The van der Waals surface area contributed by atoms with Gasteiger partial charge in [-0.15, -0.1) is 0 Å². The van der Waals surface area contributed by atoms with Crippen molar-refractivity contribution in [3.63, 3.8) is 0 Å². The van der Waals surface area contributed by atoms with Crippen molar-refractivity contribution in [3.8, 4) is 0 Å². The third-order valence-electron chi connectivity index (χ3n) is 4.98. The summed E-state index contributed by atoms with van der Waals surface area (Å²) in [4.78, 5) is 19.3. The summed E-state index contributed by atoms with van der Waals surface area (Å²) in [5.41, 5.74) is 0.620. The number of halogens is 2. The maximum Gasteiger partial charge on any atom is 0.228 e. The van der Waals surface area contributed by atoms with E-state index in [0.29, 0.717) is 28.8 Å². The fourth-order valence-corrected chi connectivity index (χ4v) is 5.91. The molecule has 0 unspecified atom stereocenters. The molecule has 7 nitrogen and oxygen atoms in total. The van der Waals surface area contributed by atoms with Crippen LogP contribution in [0, 0.1) is 5.82 Å². The molecular formula is C22H20ClFN4O3S2. The van der Waals surface area contributed by atoms with Gasteiger partial charge in [0.2, 0.25) is 5.91 Å². The van der Waals surface area contributed by atoms with Gasteiger partial charge in [-0.2, -0.15) is 5.10 Å². The molecule has 0 fully saturated rings. The lowest BCUT2D eigenvalue weighted by atomic mass is 10.3. The van der Waals surface area contributed by atoms with Crippen molar-refractivity contribution in [2.24, 2.45) is 0 Å². The number of hydrogen-bond acceptors (Lipinski definition) is 6. The normalized spacial score (nSPS) is 11.7. The van der Waals surface area contributed by atoms with E-state index in [2.05, 4.69) is 10.1 Å². The largest absolute Gasteiger partial charge is 0.286 e. The zero-order valence-electron chi connectivity index (χ0n) is 17.4. The Bertz CT molecular complexity index is 1360. The van der Waals surface area contributed by atoms with Crippen LogP contribution in [0.1, 0.15) is 12.8 Å². The number of amides is 1. The Morgan fingerprint density at radius 3 is 2.64 bits per heavy atom. The van der Waals surface area contributed by atoms with Gasteiger partial charge >= 0.3 is 0 Å². The van der Waals surface area contributed by atoms with Crippen molar-refractivity contribution in [3.05, 3.63) is 71.8 Å². The Kier molecular flexibility index (Phi) is 7.06.